The average Bonchev–Trinajstić information content (AvgIpc) is 3.17. The second-order valence-corrected chi connectivity index (χ2v) is 14.4. The number of ether oxygens (including phenoxy) is 4. The number of aliphatic hydroxyl groups excluding tert-OH is 4. The van der Waals surface area contributed by atoms with E-state index in [1.807, 2.05) is 0 Å². The fraction of sp³-hybridized carbons (Fsp3) is 0.756. The van der Waals surface area contributed by atoms with Crippen LogP contribution in [0.4, 0.5) is 0 Å². The Hall–Kier alpha value is -2.11. The van der Waals surface area contributed by atoms with Crippen LogP contribution in [0, 0.1) is 0 Å². The monoisotopic (exact) mass is 763 g/mol. The highest BCUT2D eigenvalue weighted by atomic mass is 16.7. The summed E-state index contributed by atoms with van der Waals surface area (Å²) in [5.41, 5.74) is 0. The number of hydrogen-bond donors (Lipinski definition) is 4. The smallest absolute Gasteiger partial charge is 0.306 e. The third-order valence-corrected chi connectivity index (χ3v) is 9.42. The second kappa shape index (κ2) is 36.5. The van der Waals surface area contributed by atoms with E-state index in [4.69, 9.17) is 18.9 Å². The van der Waals surface area contributed by atoms with Crippen LogP contribution < -0.4 is 0 Å². The Labute approximate surface area is 328 Å². The van der Waals surface area contributed by atoms with Crippen LogP contribution >= 0.6 is 0 Å². The average molecular weight is 763 g/mol. The Balaban J connectivity index is 2.32. The standard InChI is InChI=1S/C45H78O9/c1-3-5-7-9-11-13-15-17-19-21-23-25-27-29-31-33-35-51-37-39(38-52-45-44(50)43(49)42(48)40(36-46)54-45)53-41(47)34-32-30-28-26-24-22-20-18-16-14-12-10-8-6-4-2/h5,7,11-14,17-20,39-40,42-46,48-50H,3-4,6,8-10,15-16,21-38H2,1-2H3/b7-5-,13-11-,14-12-,19-17-,20-18-. The summed E-state index contributed by atoms with van der Waals surface area (Å²) < 4.78 is 22.7. The summed E-state index contributed by atoms with van der Waals surface area (Å²) in [6.07, 6.45) is 38.1. The third-order valence-electron chi connectivity index (χ3n) is 9.42. The normalized spacial score (nSPS) is 21.5. The Bertz CT molecular complexity index is 1010. The van der Waals surface area contributed by atoms with Crippen LogP contribution in [-0.2, 0) is 23.7 Å². The lowest BCUT2D eigenvalue weighted by Crippen LogP contribution is -2.59. The van der Waals surface area contributed by atoms with Crippen LogP contribution in [0.1, 0.15) is 155 Å². The minimum atomic E-state index is -1.54. The summed E-state index contributed by atoms with van der Waals surface area (Å²) in [6, 6.07) is 0. The van der Waals surface area contributed by atoms with Crippen molar-refractivity contribution in [3.8, 4) is 0 Å². The first-order chi connectivity index (χ1) is 26.4. The molecule has 0 radical (unpaired) electrons. The van der Waals surface area contributed by atoms with E-state index < -0.39 is 43.4 Å². The van der Waals surface area contributed by atoms with Crippen LogP contribution in [0.15, 0.2) is 60.8 Å². The number of rotatable bonds is 35. The van der Waals surface area contributed by atoms with Crippen molar-refractivity contribution in [2.45, 2.75) is 192 Å². The van der Waals surface area contributed by atoms with Crippen LogP contribution in [0.25, 0.3) is 0 Å². The molecule has 0 spiro atoms. The third kappa shape index (κ3) is 27.5. The van der Waals surface area contributed by atoms with E-state index in [0.29, 0.717) is 13.0 Å². The zero-order valence-corrected chi connectivity index (χ0v) is 34.0. The van der Waals surface area contributed by atoms with Gasteiger partial charge in [0.05, 0.1) is 19.8 Å². The van der Waals surface area contributed by atoms with Crippen molar-refractivity contribution in [1.82, 2.24) is 0 Å². The highest BCUT2D eigenvalue weighted by Crippen LogP contribution is 2.22. The van der Waals surface area contributed by atoms with Gasteiger partial charge in [0.15, 0.2) is 6.29 Å². The highest BCUT2D eigenvalue weighted by molar-refractivity contribution is 5.69. The van der Waals surface area contributed by atoms with Gasteiger partial charge in [-0.05, 0) is 77.0 Å². The molecule has 1 aliphatic heterocycles. The van der Waals surface area contributed by atoms with E-state index in [1.165, 1.54) is 44.9 Å². The molecule has 0 aliphatic carbocycles. The van der Waals surface area contributed by atoms with E-state index in [0.717, 1.165) is 89.9 Å². The Morgan fingerprint density at radius 2 is 1.13 bits per heavy atom. The largest absolute Gasteiger partial charge is 0.457 e. The number of esters is 1. The van der Waals surface area contributed by atoms with Crippen LogP contribution in [0.2, 0.25) is 0 Å². The van der Waals surface area contributed by atoms with E-state index in [-0.39, 0.29) is 19.2 Å². The fourth-order valence-electron chi connectivity index (χ4n) is 6.06. The number of unbranched alkanes of at least 4 members (excludes halogenated alkanes) is 14. The molecular weight excluding hydrogens is 684 g/mol. The number of carbonyl (C=O) groups is 1. The van der Waals surface area contributed by atoms with Crippen molar-refractivity contribution < 1.29 is 44.2 Å². The van der Waals surface area contributed by atoms with Crippen molar-refractivity contribution in [3.63, 3.8) is 0 Å². The Morgan fingerprint density at radius 3 is 1.70 bits per heavy atom. The number of allylic oxidation sites excluding steroid dienone is 10. The summed E-state index contributed by atoms with van der Waals surface area (Å²) >= 11 is 0. The van der Waals surface area contributed by atoms with Gasteiger partial charge in [-0.3, -0.25) is 4.79 Å². The first kappa shape index (κ1) is 49.9. The summed E-state index contributed by atoms with van der Waals surface area (Å²) in [5.74, 6) is -0.335. The quantitative estimate of drug-likeness (QED) is 0.0283. The molecule has 1 fully saturated rings. The Kier molecular flexibility index (Phi) is 33.8. The van der Waals surface area contributed by atoms with Crippen LogP contribution in [0.3, 0.4) is 0 Å². The molecule has 9 heteroatoms. The second-order valence-electron chi connectivity index (χ2n) is 14.4. The molecule has 1 rings (SSSR count). The molecule has 6 unspecified atom stereocenters. The van der Waals surface area contributed by atoms with Gasteiger partial charge in [0.25, 0.3) is 0 Å². The van der Waals surface area contributed by atoms with Crippen LogP contribution in [-0.4, -0.2) is 89.6 Å². The van der Waals surface area contributed by atoms with Crippen molar-refractivity contribution in [2.24, 2.45) is 0 Å². The molecule has 1 aliphatic rings. The molecule has 1 heterocycles. The van der Waals surface area contributed by atoms with E-state index >= 15 is 0 Å². The zero-order valence-electron chi connectivity index (χ0n) is 34.0. The number of aliphatic hydroxyl groups is 4. The van der Waals surface area contributed by atoms with E-state index in [1.54, 1.807) is 0 Å². The van der Waals surface area contributed by atoms with Gasteiger partial charge in [-0.15, -0.1) is 0 Å². The van der Waals surface area contributed by atoms with Gasteiger partial charge in [0.1, 0.15) is 30.5 Å². The van der Waals surface area contributed by atoms with Crippen molar-refractivity contribution in [2.75, 3.05) is 26.4 Å². The number of hydrogen-bond acceptors (Lipinski definition) is 9. The van der Waals surface area contributed by atoms with E-state index in [9.17, 15) is 25.2 Å². The topological polar surface area (TPSA) is 135 Å². The van der Waals surface area contributed by atoms with Crippen molar-refractivity contribution in [3.05, 3.63) is 60.8 Å². The summed E-state index contributed by atoms with van der Waals surface area (Å²) in [7, 11) is 0. The van der Waals surface area contributed by atoms with Gasteiger partial charge < -0.3 is 39.4 Å². The molecule has 6 atom stereocenters. The molecule has 4 N–H and O–H groups in total. The molecule has 54 heavy (non-hydrogen) atoms. The number of carbonyl (C=O) groups excluding carboxylic acids is 1. The first-order valence-corrected chi connectivity index (χ1v) is 21.4. The van der Waals surface area contributed by atoms with Gasteiger partial charge in [-0.25, -0.2) is 0 Å². The van der Waals surface area contributed by atoms with Gasteiger partial charge in [-0.2, -0.15) is 0 Å². The lowest BCUT2D eigenvalue weighted by molar-refractivity contribution is -0.305. The summed E-state index contributed by atoms with van der Waals surface area (Å²) in [4.78, 5) is 12.7. The zero-order chi connectivity index (χ0) is 39.3. The fourth-order valence-corrected chi connectivity index (χ4v) is 6.06. The SMILES string of the molecule is CC/C=C\C/C=C\C/C=C\CCCCCCCCOCC(COC1OC(CO)C(O)C(O)C1O)OC(=O)CCCCCCC/C=C\C/C=C\CCCCC. The predicted octanol–water partition coefficient (Wildman–Crippen LogP) is 9.13. The first-order valence-electron chi connectivity index (χ1n) is 21.4. The molecule has 0 bridgehead atoms. The molecular formula is C45H78O9. The van der Waals surface area contributed by atoms with Gasteiger partial charge in [-0.1, -0.05) is 132 Å². The van der Waals surface area contributed by atoms with E-state index in [2.05, 4.69) is 74.6 Å². The Morgan fingerprint density at radius 1 is 0.611 bits per heavy atom. The molecule has 0 aromatic rings. The summed E-state index contributed by atoms with van der Waals surface area (Å²) in [6.45, 7) is 4.36. The molecule has 0 amide bonds. The lowest BCUT2D eigenvalue weighted by atomic mass is 9.99. The molecule has 0 saturated carbocycles. The van der Waals surface area contributed by atoms with Crippen LogP contribution in [0.5, 0.6) is 0 Å². The van der Waals surface area contributed by atoms with Crippen molar-refractivity contribution in [1.29, 1.82) is 0 Å². The maximum atomic E-state index is 12.7. The van der Waals surface area contributed by atoms with Gasteiger partial charge >= 0.3 is 5.97 Å². The van der Waals surface area contributed by atoms with Gasteiger partial charge in [0, 0.05) is 13.0 Å². The maximum absolute atomic E-state index is 12.7. The lowest BCUT2D eigenvalue weighted by Gasteiger charge is -2.39. The minimum absolute atomic E-state index is 0.127. The molecule has 0 aromatic carbocycles. The maximum Gasteiger partial charge on any atom is 0.306 e. The summed E-state index contributed by atoms with van der Waals surface area (Å²) in [5, 5.41) is 40.1. The van der Waals surface area contributed by atoms with Gasteiger partial charge in [0.2, 0.25) is 0 Å². The minimum Gasteiger partial charge on any atom is -0.457 e. The molecule has 9 nitrogen and oxygen atoms in total. The molecule has 0 aromatic heterocycles. The predicted molar refractivity (Wildman–Crippen MR) is 219 cm³/mol. The van der Waals surface area contributed by atoms with Crippen molar-refractivity contribution >= 4 is 5.97 Å². The molecule has 1 saturated heterocycles. The highest BCUT2D eigenvalue weighted by Gasteiger charge is 2.44. The molecule has 312 valence electrons.